The van der Waals surface area contributed by atoms with E-state index in [1.165, 1.54) is 0 Å². The summed E-state index contributed by atoms with van der Waals surface area (Å²) in [5.41, 5.74) is 1.54. The van der Waals surface area contributed by atoms with Gasteiger partial charge < -0.3 is 15.4 Å². The maximum Gasteiger partial charge on any atom is 0.319 e. The number of ether oxygens (including phenoxy) is 1. The number of carbonyl (C=O) groups excluding carboxylic acids is 1. The van der Waals surface area contributed by atoms with Gasteiger partial charge in [0.25, 0.3) is 0 Å². The van der Waals surface area contributed by atoms with Crippen LogP contribution in [-0.4, -0.2) is 34.6 Å². The number of aromatic nitrogens is 2. The zero-order valence-corrected chi connectivity index (χ0v) is 12.5. The Labute approximate surface area is 129 Å². The Morgan fingerprint density at radius 2 is 2.27 bits per heavy atom. The highest BCUT2D eigenvalue weighted by Gasteiger charge is 2.23. The fourth-order valence-electron chi connectivity index (χ4n) is 2.65. The first-order valence-electron chi connectivity index (χ1n) is 7.52. The van der Waals surface area contributed by atoms with Crippen molar-refractivity contribution in [2.75, 3.05) is 11.9 Å². The van der Waals surface area contributed by atoms with Crippen molar-refractivity contribution in [2.45, 2.75) is 31.9 Å². The Balaban J connectivity index is 1.66. The molecule has 0 aliphatic carbocycles. The smallest absolute Gasteiger partial charge is 0.319 e. The number of anilines is 1. The topological polar surface area (TPSA) is 68.2 Å². The Hall–Kier alpha value is -2.34. The van der Waals surface area contributed by atoms with Crippen LogP contribution in [0.4, 0.5) is 10.5 Å². The summed E-state index contributed by atoms with van der Waals surface area (Å²) in [5, 5.41) is 10.0. The fraction of sp³-hybridized carbons (Fsp3) is 0.375. The second-order valence-corrected chi connectivity index (χ2v) is 5.41. The van der Waals surface area contributed by atoms with Gasteiger partial charge in [0.2, 0.25) is 0 Å². The largest absolute Gasteiger partial charge is 0.376 e. The third-order valence-corrected chi connectivity index (χ3v) is 3.78. The average Bonchev–Trinajstić information content (AvgIpc) is 3.21. The van der Waals surface area contributed by atoms with Crippen LogP contribution in [0.15, 0.2) is 42.7 Å². The number of hydrogen-bond acceptors (Lipinski definition) is 3. The van der Waals surface area contributed by atoms with Gasteiger partial charge in [0.15, 0.2) is 0 Å². The highest BCUT2D eigenvalue weighted by atomic mass is 16.5. The van der Waals surface area contributed by atoms with E-state index in [0.29, 0.717) is 5.69 Å². The first-order valence-corrected chi connectivity index (χ1v) is 7.52. The fourth-order valence-corrected chi connectivity index (χ4v) is 2.65. The van der Waals surface area contributed by atoms with E-state index in [1.807, 2.05) is 43.5 Å². The third kappa shape index (κ3) is 3.28. The standard InChI is InChI=1S/C16H20N4O2/c1-12(15-8-4-11-22-15)18-16(21)19-13-6-2-3-7-14(13)20-10-5-9-17-20/h2-3,5-7,9-10,12,15H,4,8,11H2,1H3,(H2,18,19,21). The second kappa shape index (κ2) is 6.62. The van der Waals surface area contributed by atoms with Crippen molar-refractivity contribution in [3.63, 3.8) is 0 Å². The first-order chi connectivity index (χ1) is 10.7. The van der Waals surface area contributed by atoms with Gasteiger partial charge in [-0.3, -0.25) is 0 Å². The number of rotatable bonds is 4. The van der Waals surface area contributed by atoms with E-state index >= 15 is 0 Å². The zero-order chi connectivity index (χ0) is 15.4. The Morgan fingerprint density at radius 1 is 1.41 bits per heavy atom. The quantitative estimate of drug-likeness (QED) is 0.912. The normalized spacial score (nSPS) is 18.9. The van der Waals surface area contributed by atoms with Crippen molar-refractivity contribution in [2.24, 2.45) is 0 Å². The van der Waals surface area contributed by atoms with E-state index in [2.05, 4.69) is 15.7 Å². The van der Waals surface area contributed by atoms with Gasteiger partial charge in [0, 0.05) is 19.0 Å². The summed E-state index contributed by atoms with van der Waals surface area (Å²) < 4.78 is 7.31. The van der Waals surface area contributed by atoms with Crippen LogP contribution in [-0.2, 0) is 4.74 Å². The highest BCUT2D eigenvalue weighted by Crippen LogP contribution is 2.19. The number of nitrogens with zero attached hydrogens (tertiary/aromatic N) is 2. The van der Waals surface area contributed by atoms with Crippen molar-refractivity contribution < 1.29 is 9.53 Å². The molecular formula is C16H20N4O2. The molecule has 2 amide bonds. The molecule has 1 fully saturated rings. The van der Waals surface area contributed by atoms with Crippen LogP contribution in [0.25, 0.3) is 5.69 Å². The number of amides is 2. The molecule has 6 heteroatoms. The predicted molar refractivity (Wildman–Crippen MR) is 84.2 cm³/mol. The van der Waals surface area contributed by atoms with Gasteiger partial charge in [0.1, 0.15) is 0 Å². The van der Waals surface area contributed by atoms with Crippen LogP contribution in [0, 0.1) is 0 Å². The molecule has 2 heterocycles. The van der Waals surface area contributed by atoms with E-state index in [1.54, 1.807) is 10.9 Å². The predicted octanol–water partition coefficient (Wildman–Crippen LogP) is 2.56. The number of para-hydroxylation sites is 2. The van der Waals surface area contributed by atoms with E-state index in [-0.39, 0.29) is 18.2 Å². The Morgan fingerprint density at radius 3 is 3.00 bits per heavy atom. The summed E-state index contributed by atoms with van der Waals surface area (Å²) in [6.45, 7) is 2.75. The molecule has 1 aromatic carbocycles. The lowest BCUT2D eigenvalue weighted by Gasteiger charge is -2.20. The number of nitrogens with one attached hydrogen (secondary N) is 2. The number of carbonyl (C=O) groups is 1. The molecule has 1 aromatic heterocycles. The molecule has 0 saturated carbocycles. The maximum atomic E-state index is 12.2. The molecule has 0 radical (unpaired) electrons. The summed E-state index contributed by atoms with van der Waals surface area (Å²) in [6, 6.07) is 9.15. The van der Waals surface area contributed by atoms with Gasteiger partial charge in [-0.05, 0) is 38.0 Å². The highest BCUT2D eigenvalue weighted by molar-refractivity contribution is 5.91. The van der Waals surface area contributed by atoms with Crippen molar-refractivity contribution >= 4 is 11.7 Å². The molecule has 2 N–H and O–H groups in total. The van der Waals surface area contributed by atoms with Crippen LogP contribution in [0.5, 0.6) is 0 Å². The van der Waals surface area contributed by atoms with Gasteiger partial charge in [-0.15, -0.1) is 0 Å². The maximum absolute atomic E-state index is 12.2. The van der Waals surface area contributed by atoms with Crippen LogP contribution < -0.4 is 10.6 Å². The van der Waals surface area contributed by atoms with E-state index in [9.17, 15) is 4.79 Å². The van der Waals surface area contributed by atoms with Crippen molar-refractivity contribution in [3.8, 4) is 5.69 Å². The number of hydrogen-bond donors (Lipinski definition) is 2. The molecule has 0 bridgehead atoms. The van der Waals surface area contributed by atoms with Crippen LogP contribution in [0.3, 0.4) is 0 Å². The molecule has 22 heavy (non-hydrogen) atoms. The van der Waals surface area contributed by atoms with Crippen molar-refractivity contribution in [3.05, 3.63) is 42.7 Å². The summed E-state index contributed by atoms with van der Waals surface area (Å²) in [5.74, 6) is 0. The SMILES string of the molecule is CC(NC(=O)Nc1ccccc1-n1cccn1)C1CCCO1. The lowest BCUT2D eigenvalue weighted by atomic mass is 10.1. The molecule has 0 spiro atoms. The minimum atomic E-state index is -0.234. The summed E-state index contributed by atoms with van der Waals surface area (Å²) in [6.07, 6.45) is 5.70. The van der Waals surface area contributed by atoms with E-state index in [4.69, 9.17) is 4.74 Å². The summed E-state index contributed by atoms with van der Waals surface area (Å²) >= 11 is 0. The van der Waals surface area contributed by atoms with Gasteiger partial charge in [-0.1, -0.05) is 12.1 Å². The van der Waals surface area contributed by atoms with Crippen LogP contribution in [0.2, 0.25) is 0 Å². The molecule has 1 saturated heterocycles. The lowest BCUT2D eigenvalue weighted by Crippen LogP contribution is -2.43. The number of urea groups is 1. The molecule has 3 rings (SSSR count). The van der Waals surface area contributed by atoms with Gasteiger partial charge in [-0.2, -0.15) is 5.10 Å². The minimum Gasteiger partial charge on any atom is -0.376 e. The van der Waals surface area contributed by atoms with Gasteiger partial charge in [-0.25, -0.2) is 9.48 Å². The van der Waals surface area contributed by atoms with E-state index in [0.717, 1.165) is 25.1 Å². The van der Waals surface area contributed by atoms with Gasteiger partial charge >= 0.3 is 6.03 Å². The van der Waals surface area contributed by atoms with Crippen LogP contribution >= 0.6 is 0 Å². The molecule has 116 valence electrons. The molecule has 1 aliphatic rings. The molecule has 1 aliphatic heterocycles. The third-order valence-electron chi connectivity index (χ3n) is 3.78. The first kappa shape index (κ1) is 14.6. The molecule has 6 nitrogen and oxygen atoms in total. The Kier molecular flexibility index (Phi) is 4.39. The van der Waals surface area contributed by atoms with Crippen molar-refractivity contribution in [1.82, 2.24) is 15.1 Å². The second-order valence-electron chi connectivity index (χ2n) is 5.41. The molecule has 2 unspecified atom stereocenters. The van der Waals surface area contributed by atoms with Crippen LogP contribution in [0.1, 0.15) is 19.8 Å². The number of benzene rings is 1. The average molecular weight is 300 g/mol. The Bertz CT molecular complexity index is 621. The molecular weight excluding hydrogens is 280 g/mol. The summed E-state index contributed by atoms with van der Waals surface area (Å²) in [4.78, 5) is 12.2. The van der Waals surface area contributed by atoms with Gasteiger partial charge in [0.05, 0.1) is 23.5 Å². The van der Waals surface area contributed by atoms with E-state index < -0.39 is 0 Å². The minimum absolute atomic E-state index is 0.0145. The zero-order valence-electron chi connectivity index (χ0n) is 12.5. The summed E-state index contributed by atoms with van der Waals surface area (Å²) in [7, 11) is 0. The molecule has 2 aromatic rings. The molecule has 2 atom stereocenters. The monoisotopic (exact) mass is 300 g/mol. The van der Waals surface area contributed by atoms with Crippen molar-refractivity contribution in [1.29, 1.82) is 0 Å². The lowest BCUT2D eigenvalue weighted by molar-refractivity contribution is 0.0868.